The highest BCUT2D eigenvalue weighted by molar-refractivity contribution is 5.70. The molecule has 2 aromatic rings. The van der Waals surface area contributed by atoms with Gasteiger partial charge in [0.2, 0.25) is 0 Å². The summed E-state index contributed by atoms with van der Waals surface area (Å²) >= 11 is 0. The Hall–Kier alpha value is -2.46. The number of piperidine rings is 1. The summed E-state index contributed by atoms with van der Waals surface area (Å²) in [5.74, 6) is -1.02. The van der Waals surface area contributed by atoms with Gasteiger partial charge in [0.25, 0.3) is 0 Å². The molecular weight excluding hydrogens is 401 g/mol. The number of aromatic nitrogens is 3. The van der Waals surface area contributed by atoms with Gasteiger partial charge in [-0.05, 0) is 37.9 Å². The summed E-state index contributed by atoms with van der Waals surface area (Å²) in [6.45, 7) is 3.85. The van der Waals surface area contributed by atoms with Gasteiger partial charge in [-0.1, -0.05) is 17.3 Å². The zero-order valence-electron chi connectivity index (χ0n) is 16.5. The number of carboxylic acids is 1. The van der Waals surface area contributed by atoms with Gasteiger partial charge in [0.1, 0.15) is 5.69 Å². The molecule has 7 nitrogen and oxygen atoms in total. The molecule has 164 valence electrons. The maximum atomic E-state index is 12.6. The number of ether oxygens (including phenoxy) is 1. The third-order valence-corrected chi connectivity index (χ3v) is 5.13. The summed E-state index contributed by atoms with van der Waals surface area (Å²) in [6, 6.07) is 4.83. The van der Waals surface area contributed by atoms with Crippen molar-refractivity contribution >= 4 is 5.97 Å². The van der Waals surface area contributed by atoms with Gasteiger partial charge in [-0.25, -0.2) is 0 Å². The van der Waals surface area contributed by atoms with Crippen LogP contribution in [0.25, 0.3) is 11.3 Å². The average Bonchev–Trinajstić information content (AvgIpc) is 3.19. The Labute approximate surface area is 172 Å². The standard InChI is InChI=1S/C20H25F3N4O3/c21-20(22,23)17-6-4-15(5-7-17)18-14-27(25-24-18)9-2-11-30-12-10-26-8-1-3-16(13-26)19(28)29/h4-7,14,16H,1-3,8-13H2,(H,28,29). The number of carbonyl (C=O) groups is 1. The first-order valence-corrected chi connectivity index (χ1v) is 9.93. The van der Waals surface area contributed by atoms with Gasteiger partial charge < -0.3 is 14.7 Å². The molecule has 0 saturated carbocycles. The molecule has 0 bridgehead atoms. The van der Waals surface area contributed by atoms with Gasteiger partial charge >= 0.3 is 12.1 Å². The fourth-order valence-electron chi connectivity index (χ4n) is 3.45. The lowest BCUT2D eigenvalue weighted by Gasteiger charge is -2.30. The van der Waals surface area contributed by atoms with Crippen molar-refractivity contribution in [2.45, 2.75) is 32.0 Å². The summed E-state index contributed by atoms with van der Waals surface area (Å²) in [5, 5.41) is 17.1. The lowest BCUT2D eigenvalue weighted by molar-refractivity contribution is -0.143. The van der Waals surface area contributed by atoms with Crippen LogP contribution in [0.1, 0.15) is 24.8 Å². The number of carboxylic acid groups (broad SMARTS) is 1. The molecule has 1 aromatic heterocycles. The van der Waals surface area contributed by atoms with Crippen molar-refractivity contribution in [3.63, 3.8) is 0 Å². The zero-order chi connectivity index (χ0) is 21.6. The molecule has 0 amide bonds. The van der Waals surface area contributed by atoms with Crippen LogP contribution in [-0.2, 0) is 22.3 Å². The Morgan fingerprint density at radius 2 is 1.97 bits per heavy atom. The molecule has 1 N–H and O–H groups in total. The topological polar surface area (TPSA) is 80.5 Å². The summed E-state index contributed by atoms with van der Waals surface area (Å²) in [6.07, 6.45) is -0.318. The fourth-order valence-corrected chi connectivity index (χ4v) is 3.45. The number of hydrogen-bond acceptors (Lipinski definition) is 5. The molecular formula is C20H25F3N4O3. The number of benzene rings is 1. The second-order valence-corrected chi connectivity index (χ2v) is 7.39. The van der Waals surface area contributed by atoms with E-state index in [-0.39, 0.29) is 5.92 Å². The molecule has 3 rings (SSSR count). The second-order valence-electron chi connectivity index (χ2n) is 7.39. The van der Waals surface area contributed by atoms with Crippen LogP contribution < -0.4 is 0 Å². The van der Waals surface area contributed by atoms with E-state index in [1.54, 1.807) is 10.9 Å². The quantitative estimate of drug-likeness (QED) is 0.621. The number of aliphatic carboxylic acids is 1. The highest BCUT2D eigenvalue weighted by atomic mass is 19.4. The zero-order valence-corrected chi connectivity index (χ0v) is 16.5. The minimum atomic E-state index is -4.36. The van der Waals surface area contributed by atoms with Crippen LogP contribution in [0.4, 0.5) is 13.2 Å². The summed E-state index contributed by atoms with van der Waals surface area (Å²) in [5.41, 5.74) is 0.397. The highest BCUT2D eigenvalue weighted by Gasteiger charge is 2.30. The van der Waals surface area contributed by atoms with Crippen molar-refractivity contribution in [1.29, 1.82) is 0 Å². The van der Waals surface area contributed by atoms with Crippen LogP contribution in [-0.4, -0.2) is 63.8 Å². The van der Waals surface area contributed by atoms with Crippen molar-refractivity contribution in [2.75, 3.05) is 32.8 Å². The normalized spacial score (nSPS) is 17.9. The Morgan fingerprint density at radius 1 is 1.20 bits per heavy atom. The summed E-state index contributed by atoms with van der Waals surface area (Å²) in [7, 11) is 0. The minimum absolute atomic E-state index is 0.287. The van der Waals surface area contributed by atoms with Gasteiger partial charge in [0.15, 0.2) is 0 Å². The molecule has 1 aromatic carbocycles. The van der Waals surface area contributed by atoms with E-state index in [0.29, 0.717) is 50.5 Å². The van der Waals surface area contributed by atoms with E-state index in [9.17, 15) is 18.0 Å². The van der Waals surface area contributed by atoms with E-state index in [1.807, 2.05) is 0 Å². The van der Waals surface area contributed by atoms with Gasteiger partial charge in [0, 0.05) is 31.8 Å². The first-order chi connectivity index (χ1) is 14.3. The number of nitrogens with zero attached hydrogens (tertiary/aromatic N) is 4. The van der Waals surface area contributed by atoms with E-state index in [2.05, 4.69) is 15.2 Å². The van der Waals surface area contributed by atoms with E-state index in [1.165, 1.54) is 12.1 Å². The molecule has 0 aliphatic carbocycles. The Bertz CT molecular complexity index is 823. The summed E-state index contributed by atoms with van der Waals surface area (Å²) in [4.78, 5) is 13.2. The molecule has 0 spiro atoms. The first-order valence-electron chi connectivity index (χ1n) is 9.93. The lowest BCUT2D eigenvalue weighted by atomic mass is 9.98. The molecule has 1 unspecified atom stereocenters. The highest BCUT2D eigenvalue weighted by Crippen LogP contribution is 2.30. The third kappa shape index (κ3) is 6.27. The number of alkyl halides is 3. The number of hydrogen-bond donors (Lipinski definition) is 1. The van der Waals surface area contributed by atoms with Crippen molar-refractivity contribution < 1.29 is 27.8 Å². The van der Waals surface area contributed by atoms with Gasteiger partial charge in [-0.15, -0.1) is 5.10 Å². The van der Waals surface area contributed by atoms with Crippen LogP contribution in [0.3, 0.4) is 0 Å². The van der Waals surface area contributed by atoms with Gasteiger partial charge in [0.05, 0.1) is 24.3 Å². The third-order valence-electron chi connectivity index (χ3n) is 5.13. The van der Waals surface area contributed by atoms with E-state index in [4.69, 9.17) is 9.84 Å². The number of likely N-dealkylation sites (tertiary alicyclic amines) is 1. The molecule has 10 heteroatoms. The van der Waals surface area contributed by atoms with E-state index in [0.717, 1.165) is 31.5 Å². The molecule has 0 radical (unpaired) electrons. The second kappa shape index (κ2) is 10.0. The van der Waals surface area contributed by atoms with Crippen LogP contribution in [0.5, 0.6) is 0 Å². The lowest BCUT2D eigenvalue weighted by Crippen LogP contribution is -2.40. The predicted molar refractivity (Wildman–Crippen MR) is 103 cm³/mol. The van der Waals surface area contributed by atoms with Crippen molar-refractivity contribution in [1.82, 2.24) is 19.9 Å². The molecule has 2 heterocycles. The monoisotopic (exact) mass is 426 g/mol. The van der Waals surface area contributed by atoms with Crippen molar-refractivity contribution in [3.05, 3.63) is 36.0 Å². The maximum Gasteiger partial charge on any atom is 0.416 e. The van der Waals surface area contributed by atoms with Crippen molar-refractivity contribution in [2.24, 2.45) is 5.92 Å². The number of rotatable bonds is 9. The Kier molecular flexibility index (Phi) is 7.43. The summed E-state index contributed by atoms with van der Waals surface area (Å²) < 4.78 is 45.2. The molecule has 1 saturated heterocycles. The number of halogens is 3. The molecule has 1 atom stereocenters. The van der Waals surface area contributed by atoms with Crippen LogP contribution >= 0.6 is 0 Å². The largest absolute Gasteiger partial charge is 0.481 e. The first kappa shape index (κ1) is 22.2. The van der Waals surface area contributed by atoms with Crippen molar-refractivity contribution in [3.8, 4) is 11.3 Å². The number of aryl methyl sites for hydroxylation is 1. The maximum absolute atomic E-state index is 12.6. The van der Waals surface area contributed by atoms with Gasteiger partial charge in [-0.3, -0.25) is 9.48 Å². The van der Waals surface area contributed by atoms with E-state index >= 15 is 0 Å². The smallest absolute Gasteiger partial charge is 0.416 e. The average molecular weight is 426 g/mol. The fraction of sp³-hybridized carbons (Fsp3) is 0.550. The van der Waals surface area contributed by atoms with Gasteiger partial charge in [-0.2, -0.15) is 13.2 Å². The Morgan fingerprint density at radius 3 is 2.67 bits per heavy atom. The predicted octanol–water partition coefficient (Wildman–Crippen LogP) is 3.17. The molecule has 1 aliphatic heterocycles. The molecule has 1 aliphatic rings. The Balaban J connectivity index is 1.35. The van der Waals surface area contributed by atoms with Crippen LogP contribution in [0.15, 0.2) is 30.5 Å². The molecule has 1 fully saturated rings. The van der Waals surface area contributed by atoms with Crippen LogP contribution in [0.2, 0.25) is 0 Å². The van der Waals surface area contributed by atoms with Crippen LogP contribution in [0, 0.1) is 5.92 Å². The molecule has 30 heavy (non-hydrogen) atoms. The minimum Gasteiger partial charge on any atom is -0.481 e. The SMILES string of the molecule is O=C(O)C1CCCN(CCOCCCn2cc(-c3ccc(C(F)(F)F)cc3)nn2)C1. The van der Waals surface area contributed by atoms with E-state index < -0.39 is 17.7 Å².